The van der Waals surface area contributed by atoms with Gasteiger partial charge in [-0.3, -0.25) is 4.90 Å². The van der Waals surface area contributed by atoms with Crippen molar-refractivity contribution >= 4 is 21.7 Å². The molecule has 24 heavy (non-hydrogen) atoms. The topological polar surface area (TPSA) is 29.0 Å². The molecular formula is C21H19N3. The molecule has 0 radical (unpaired) electrons. The Morgan fingerprint density at radius 3 is 2.42 bits per heavy atom. The van der Waals surface area contributed by atoms with Crippen LogP contribution in [0.2, 0.25) is 0 Å². The van der Waals surface area contributed by atoms with E-state index < -0.39 is 0 Å². The number of aromatic nitrogens is 2. The Morgan fingerprint density at radius 1 is 0.792 bits per heavy atom. The maximum atomic E-state index is 4.65. The molecule has 0 atom stereocenters. The lowest BCUT2D eigenvalue weighted by Crippen LogP contribution is -2.18. The Balaban J connectivity index is 1.51. The van der Waals surface area contributed by atoms with Gasteiger partial charge in [-0.25, -0.2) is 9.97 Å². The molecule has 3 aromatic carbocycles. The van der Waals surface area contributed by atoms with Crippen molar-refractivity contribution in [3.8, 4) is 0 Å². The predicted molar refractivity (Wildman–Crippen MR) is 98.7 cm³/mol. The fourth-order valence-electron chi connectivity index (χ4n) is 3.03. The third-order valence-corrected chi connectivity index (χ3v) is 4.22. The Bertz CT molecular complexity index is 913. The summed E-state index contributed by atoms with van der Waals surface area (Å²) in [6, 6.07) is 23.2. The van der Waals surface area contributed by atoms with Crippen LogP contribution < -0.4 is 0 Å². The average Bonchev–Trinajstić information content (AvgIpc) is 2.61. The zero-order valence-corrected chi connectivity index (χ0v) is 13.7. The predicted octanol–water partition coefficient (Wildman–Crippen LogP) is 4.42. The monoisotopic (exact) mass is 313 g/mol. The third kappa shape index (κ3) is 3.12. The van der Waals surface area contributed by atoms with Crippen molar-refractivity contribution < 1.29 is 0 Å². The first-order valence-corrected chi connectivity index (χ1v) is 8.15. The van der Waals surface area contributed by atoms with Gasteiger partial charge in [0.05, 0.1) is 12.1 Å². The van der Waals surface area contributed by atoms with Gasteiger partial charge in [-0.2, -0.15) is 0 Å². The van der Waals surface area contributed by atoms with Crippen LogP contribution in [-0.2, 0) is 13.1 Å². The number of hydrogen-bond donors (Lipinski definition) is 0. The molecule has 0 aliphatic carbocycles. The lowest BCUT2D eigenvalue weighted by Gasteiger charge is -2.16. The molecule has 0 unspecified atom stereocenters. The van der Waals surface area contributed by atoms with Crippen molar-refractivity contribution in [1.82, 2.24) is 14.9 Å². The van der Waals surface area contributed by atoms with Crippen LogP contribution in [0.5, 0.6) is 0 Å². The van der Waals surface area contributed by atoms with Crippen LogP contribution in [0.1, 0.15) is 11.4 Å². The van der Waals surface area contributed by atoms with Crippen LogP contribution in [0.25, 0.3) is 21.7 Å². The minimum absolute atomic E-state index is 0.734. The maximum absolute atomic E-state index is 4.65. The van der Waals surface area contributed by atoms with Crippen molar-refractivity contribution in [1.29, 1.82) is 0 Å². The molecule has 0 saturated carbocycles. The van der Waals surface area contributed by atoms with E-state index in [9.17, 15) is 0 Å². The summed E-state index contributed by atoms with van der Waals surface area (Å²) in [5, 5.41) is 3.64. The van der Waals surface area contributed by atoms with Gasteiger partial charge in [0.15, 0.2) is 0 Å². The van der Waals surface area contributed by atoms with Crippen LogP contribution in [0.3, 0.4) is 0 Å². The number of para-hydroxylation sites is 1. The van der Waals surface area contributed by atoms with Gasteiger partial charge in [0.25, 0.3) is 0 Å². The van der Waals surface area contributed by atoms with Gasteiger partial charge in [0.1, 0.15) is 5.82 Å². The Hall–Kier alpha value is -2.78. The summed E-state index contributed by atoms with van der Waals surface area (Å²) in [5.74, 6) is 0.858. The molecule has 1 aromatic heterocycles. The second-order valence-electron chi connectivity index (χ2n) is 6.20. The first kappa shape index (κ1) is 14.8. The molecule has 0 N–H and O–H groups in total. The smallest absolute Gasteiger partial charge is 0.142 e. The average molecular weight is 313 g/mol. The van der Waals surface area contributed by atoms with E-state index in [1.54, 1.807) is 0 Å². The summed E-state index contributed by atoms with van der Waals surface area (Å²) in [4.78, 5) is 11.4. The SMILES string of the molecule is CN(Cc1ccc2ccccc2c1)Cc1ncc2ccccc2n1. The normalized spacial score (nSPS) is 11.4. The summed E-state index contributed by atoms with van der Waals surface area (Å²) in [7, 11) is 2.10. The van der Waals surface area contributed by atoms with Crippen molar-refractivity contribution in [2.75, 3.05) is 7.05 Å². The molecule has 118 valence electrons. The maximum Gasteiger partial charge on any atom is 0.142 e. The highest BCUT2D eigenvalue weighted by Gasteiger charge is 2.06. The van der Waals surface area contributed by atoms with Crippen LogP contribution in [0, 0.1) is 0 Å². The van der Waals surface area contributed by atoms with E-state index in [4.69, 9.17) is 0 Å². The number of nitrogens with zero attached hydrogens (tertiary/aromatic N) is 3. The van der Waals surface area contributed by atoms with E-state index in [-0.39, 0.29) is 0 Å². The van der Waals surface area contributed by atoms with E-state index in [2.05, 4.69) is 64.4 Å². The molecule has 0 saturated heterocycles. The summed E-state index contributed by atoms with van der Waals surface area (Å²) >= 11 is 0. The lowest BCUT2D eigenvalue weighted by atomic mass is 10.1. The minimum Gasteiger partial charge on any atom is -0.295 e. The van der Waals surface area contributed by atoms with E-state index in [0.29, 0.717) is 0 Å². The highest BCUT2D eigenvalue weighted by molar-refractivity contribution is 5.83. The molecule has 3 heteroatoms. The van der Waals surface area contributed by atoms with E-state index in [0.717, 1.165) is 29.8 Å². The molecule has 0 aliphatic heterocycles. The molecule has 4 rings (SSSR count). The van der Waals surface area contributed by atoms with Gasteiger partial charge >= 0.3 is 0 Å². The Kier molecular flexibility index (Phi) is 3.93. The fraction of sp³-hybridized carbons (Fsp3) is 0.143. The van der Waals surface area contributed by atoms with Crippen LogP contribution >= 0.6 is 0 Å². The van der Waals surface area contributed by atoms with Gasteiger partial charge in [-0.15, -0.1) is 0 Å². The highest BCUT2D eigenvalue weighted by Crippen LogP contribution is 2.17. The van der Waals surface area contributed by atoms with Gasteiger partial charge in [-0.05, 0) is 35.5 Å². The Labute approximate surface area is 141 Å². The van der Waals surface area contributed by atoms with E-state index in [1.807, 2.05) is 30.5 Å². The second-order valence-corrected chi connectivity index (χ2v) is 6.20. The second kappa shape index (κ2) is 6.38. The summed E-state index contributed by atoms with van der Waals surface area (Å²) in [5.41, 5.74) is 2.30. The molecule has 1 heterocycles. The summed E-state index contributed by atoms with van der Waals surface area (Å²) in [6.45, 7) is 1.61. The van der Waals surface area contributed by atoms with Crippen LogP contribution in [0.4, 0.5) is 0 Å². The van der Waals surface area contributed by atoms with Crippen LogP contribution in [-0.4, -0.2) is 21.9 Å². The zero-order chi connectivity index (χ0) is 16.4. The van der Waals surface area contributed by atoms with Gasteiger partial charge < -0.3 is 0 Å². The van der Waals surface area contributed by atoms with Crippen molar-refractivity contribution in [3.63, 3.8) is 0 Å². The summed E-state index contributed by atoms with van der Waals surface area (Å²) < 4.78 is 0. The highest BCUT2D eigenvalue weighted by atomic mass is 15.1. The van der Waals surface area contributed by atoms with Gasteiger partial charge in [0.2, 0.25) is 0 Å². The van der Waals surface area contributed by atoms with Crippen LogP contribution in [0.15, 0.2) is 72.9 Å². The summed E-state index contributed by atoms with van der Waals surface area (Å²) in [6.07, 6.45) is 1.90. The Morgan fingerprint density at radius 2 is 1.54 bits per heavy atom. The molecule has 3 nitrogen and oxygen atoms in total. The fourth-order valence-corrected chi connectivity index (χ4v) is 3.03. The largest absolute Gasteiger partial charge is 0.295 e. The van der Waals surface area contributed by atoms with E-state index >= 15 is 0 Å². The first-order chi connectivity index (χ1) is 11.8. The van der Waals surface area contributed by atoms with Crippen molar-refractivity contribution in [3.05, 3.63) is 84.3 Å². The minimum atomic E-state index is 0.734. The van der Waals surface area contributed by atoms with Gasteiger partial charge in [0, 0.05) is 18.1 Å². The molecule has 0 bridgehead atoms. The first-order valence-electron chi connectivity index (χ1n) is 8.15. The van der Waals surface area contributed by atoms with Crippen molar-refractivity contribution in [2.24, 2.45) is 0 Å². The molecule has 4 aromatic rings. The van der Waals surface area contributed by atoms with Gasteiger partial charge in [-0.1, -0.05) is 54.6 Å². The molecule has 0 spiro atoms. The lowest BCUT2D eigenvalue weighted by molar-refractivity contribution is 0.311. The number of hydrogen-bond acceptors (Lipinski definition) is 3. The number of rotatable bonds is 4. The molecule has 0 aliphatic rings. The molecule has 0 fully saturated rings. The molecule has 0 amide bonds. The standard InChI is InChI=1S/C21H19N3/c1-24(14-16-10-11-17-6-2-3-7-18(17)12-16)15-21-22-13-19-8-4-5-9-20(19)23-21/h2-13H,14-15H2,1H3. The molecular weight excluding hydrogens is 294 g/mol. The third-order valence-electron chi connectivity index (χ3n) is 4.22. The number of benzene rings is 3. The van der Waals surface area contributed by atoms with E-state index in [1.165, 1.54) is 16.3 Å². The van der Waals surface area contributed by atoms with Crippen molar-refractivity contribution in [2.45, 2.75) is 13.1 Å². The zero-order valence-electron chi connectivity index (χ0n) is 13.7. The number of fused-ring (bicyclic) bond motifs is 2. The quantitative estimate of drug-likeness (QED) is 0.558.